The number of aliphatic hydroxyl groups is 1. The molecular weight excluding hydrogens is 199 g/mol. The van der Waals surface area contributed by atoms with Crippen molar-refractivity contribution in [3.8, 4) is 0 Å². The molecule has 0 unspecified atom stereocenters. The molecule has 14 heavy (non-hydrogen) atoms. The highest BCUT2D eigenvalue weighted by Gasteiger charge is 2.39. The molecule has 0 aromatic heterocycles. The van der Waals surface area contributed by atoms with Crippen LogP contribution in [-0.2, 0) is 4.79 Å². The van der Waals surface area contributed by atoms with Crippen molar-refractivity contribution in [3.63, 3.8) is 0 Å². The predicted octanol–water partition coefficient (Wildman–Crippen LogP) is 0.432. The quantitative estimate of drug-likeness (QED) is 0.736. The molecule has 3 nitrogen and oxygen atoms in total. The Morgan fingerprint density at radius 2 is 2.14 bits per heavy atom. The highest BCUT2D eigenvalue weighted by Crippen LogP contribution is 2.20. The van der Waals surface area contributed by atoms with E-state index in [4.69, 9.17) is 5.11 Å². The second kappa shape index (κ2) is 4.27. The van der Waals surface area contributed by atoms with Gasteiger partial charge < -0.3 is 5.11 Å². The molecule has 1 rings (SSSR count). The summed E-state index contributed by atoms with van der Waals surface area (Å²) in [5.41, 5.74) is 0. The fourth-order valence-electron chi connectivity index (χ4n) is 1.50. The standard InChI is InChI=1S/C8H12F3NO2/c9-8(10,11)7(14)4-12-2-1-6(3-12)5-13/h6,13H,1-5H2/t6-/m1/s1. The van der Waals surface area contributed by atoms with E-state index in [1.54, 1.807) is 0 Å². The van der Waals surface area contributed by atoms with E-state index in [9.17, 15) is 18.0 Å². The number of aliphatic hydroxyl groups excluding tert-OH is 1. The van der Waals surface area contributed by atoms with Crippen molar-refractivity contribution < 1.29 is 23.1 Å². The molecule has 0 aromatic rings. The smallest absolute Gasteiger partial charge is 0.396 e. The largest absolute Gasteiger partial charge is 0.451 e. The highest BCUT2D eigenvalue weighted by atomic mass is 19.4. The number of halogens is 3. The third-order valence-electron chi connectivity index (χ3n) is 2.31. The van der Waals surface area contributed by atoms with E-state index in [0.29, 0.717) is 19.5 Å². The second-order valence-corrected chi connectivity index (χ2v) is 3.49. The van der Waals surface area contributed by atoms with Crippen LogP contribution in [0.3, 0.4) is 0 Å². The van der Waals surface area contributed by atoms with Crippen LogP contribution in [0.2, 0.25) is 0 Å². The van der Waals surface area contributed by atoms with Crippen molar-refractivity contribution >= 4 is 5.78 Å². The highest BCUT2D eigenvalue weighted by molar-refractivity contribution is 5.85. The van der Waals surface area contributed by atoms with Gasteiger partial charge in [-0.1, -0.05) is 0 Å². The van der Waals surface area contributed by atoms with Crippen molar-refractivity contribution in [2.24, 2.45) is 5.92 Å². The van der Waals surface area contributed by atoms with Crippen LogP contribution in [0.25, 0.3) is 0 Å². The summed E-state index contributed by atoms with van der Waals surface area (Å²) in [7, 11) is 0. The number of Topliss-reactive ketones (excluding diaryl/α,β-unsaturated/α-hetero) is 1. The maximum absolute atomic E-state index is 11.9. The molecular formula is C8H12F3NO2. The molecule has 1 N–H and O–H groups in total. The Morgan fingerprint density at radius 1 is 1.50 bits per heavy atom. The number of carbonyl (C=O) groups excluding carboxylic acids is 1. The summed E-state index contributed by atoms with van der Waals surface area (Å²) in [6, 6.07) is 0. The zero-order valence-electron chi connectivity index (χ0n) is 7.55. The zero-order chi connectivity index (χ0) is 10.8. The Bertz CT molecular complexity index is 217. The van der Waals surface area contributed by atoms with Gasteiger partial charge in [-0.05, 0) is 18.9 Å². The minimum Gasteiger partial charge on any atom is -0.396 e. The van der Waals surface area contributed by atoms with Gasteiger partial charge in [-0.2, -0.15) is 13.2 Å². The van der Waals surface area contributed by atoms with Crippen LogP contribution >= 0.6 is 0 Å². The molecule has 0 radical (unpaired) electrons. The van der Waals surface area contributed by atoms with Crippen LogP contribution in [-0.4, -0.2) is 48.2 Å². The number of hydrogen-bond acceptors (Lipinski definition) is 3. The normalized spacial score (nSPS) is 24.1. The summed E-state index contributed by atoms with van der Waals surface area (Å²) in [4.78, 5) is 12.0. The number of carbonyl (C=O) groups is 1. The van der Waals surface area contributed by atoms with Crippen molar-refractivity contribution in [2.75, 3.05) is 26.2 Å². The number of rotatable bonds is 3. The molecule has 0 aliphatic carbocycles. The molecule has 1 heterocycles. The van der Waals surface area contributed by atoms with Gasteiger partial charge in [0, 0.05) is 13.2 Å². The summed E-state index contributed by atoms with van der Waals surface area (Å²) in [6.45, 7) is 0.210. The average Bonchev–Trinajstić information content (AvgIpc) is 2.50. The summed E-state index contributed by atoms with van der Waals surface area (Å²) >= 11 is 0. The summed E-state index contributed by atoms with van der Waals surface area (Å²) in [5.74, 6) is -1.70. The maximum Gasteiger partial charge on any atom is 0.451 e. The van der Waals surface area contributed by atoms with Crippen molar-refractivity contribution in [1.82, 2.24) is 4.90 Å². The number of nitrogens with zero attached hydrogens (tertiary/aromatic N) is 1. The zero-order valence-corrected chi connectivity index (χ0v) is 7.55. The minimum absolute atomic E-state index is 0.0102. The predicted molar refractivity (Wildman–Crippen MR) is 42.7 cm³/mol. The monoisotopic (exact) mass is 211 g/mol. The van der Waals surface area contributed by atoms with E-state index in [0.717, 1.165) is 0 Å². The van der Waals surface area contributed by atoms with Crippen LogP contribution in [0, 0.1) is 5.92 Å². The maximum atomic E-state index is 11.9. The van der Waals surface area contributed by atoms with Crippen LogP contribution in [0.1, 0.15) is 6.42 Å². The van der Waals surface area contributed by atoms with Gasteiger partial charge in [-0.15, -0.1) is 0 Å². The lowest BCUT2D eigenvalue weighted by Crippen LogP contribution is -2.36. The average molecular weight is 211 g/mol. The first-order valence-corrected chi connectivity index (χ1v) is 4.36. The van der Waals surface area contributed by atoms with Crippen LogP contribution in [0.4, 0.5) is 13.2 Å². The SMILES string of the molecule is O=C(CN1CC[C@@H](CO)C1)C(F)(F)F. The molecule has 1 saturated heterocycles. The van der Waals surface area contributed by atoms with E-state index in [2.05, 4.69) is 0 Å². The van der Waals surface area contributed by atoms with Crippen LogP contribution < -0.4 is 0 Å². The summed E-state index contributed by atoms with van der Waals surface area (Å²) < 4.78 is 35.6. The number of likely N-dealkylation sites (tertiary alicyclic amines) is 1. The van der Waals surface area contributed by atoms with Gasteiger partial charge in [-0.25, -0.2) is 0 Å². The Balaban J connectivity index is 2.36. The van der Waals surface area contributed by atoms with Crippen LogP contribution in [0.15, 0.2) is 0 Å². The van der Waals surface area contributed by atoms with Crippen molar-refractivity contribution in [3.05, 3.63) is 0 Å². The third kappa shape index (κ3) is 2.95. The molecule has 1 atom stereocenters. The van der Waals surface area contributed by atoms with Gasteiger partial charge in [0.25, 0.3) is 0 Å². The molecule has 0 spiro atoms. The third-order valence-corrected chi connectivity index (χ3v) is 2.31. The van der Waals surface area contributed by atoms with Crippen LogP contribution in [0.5, 0.6) is 0 Å². The van der Waals surface area contributed by atoms with Crippen molar-refractivity contribution in [2.45, 2.75) is 12.6 Å². The molecule has 6 heteroatoms. The first-order valence-electron chi connectivity index (χ1n) is 4.36. The Labute approximate surface area is 79.5 Å². The van der Waals surface area contributed by atoms with E-state index in [1.165, 1.54) is 4.90 Å². The number of ketones is 1. The van der Waals surface area contributed by atoms with Gasteiger partial charge >= 0.3 is 6.18 Å². The van der Waals surface area contributed by atoms with Crippen molar-refractivity contribution in [1.29, 1.82) is 0 Å². The van der Waals surface area contributed by atoms with Gasteiger partial charge in [-0.3, -0.25) is 9.69 Å². The minimum atomic E-state index is -4.74. The first kappa shape index (κ1) is 11.5. The summed E-state index contributed by atoms with van der Waals surface area (Å²) in [5, 5.41) is 8.74. The number of hydrogen-bond donors (Lipinski definition) is 1. The molecule has 1 aliphatic rings. The molecule has 0 bridgehead atoms. The van der Waals surface area contributed by atoms with E-state index < -0.39 is 18.5 Å². The Morgan fingerprint density at radius 3 is 2.57 bits per heavy atom. The fraction of sp³-hybridized carbons (Fsp3) is 0.875. The molecule has 1 fully saturated rings. The van der Waals surface area contributed by atoms with E-state index in [1.807, 2.05) is 0 Å². The fourth-order valence-corrected chi connectivity index (χ4v) is 1.50. The van der Waals surface area contributed by atoms with Gasteiger partial charge in [0.2, 0.25) is 5.78 Å². The molecule has 0 amide bonds. The second-order valence-electron chi connectivity index (χ2n) is 3.49. The lowest BCUT2D eigenvalue weighted by atomic mass is 10.1. The summed E-state index contributed by atoms with van der Waals surface area (Å²) in [6.07, 6.45) is -4.08. The van der Waals surface area contributed by atoms with Gasteiger partial charge in [0.15, 0.2) is 0 Å². The molecule has 1 aliphatic heterocycles. The van der Waals surface area contributed by atoms with E-state index in [-0.39, 0.29) is 12.5 Å². The first-order chi connectivity index (χ1) is 6.43. The van der Waals surface area contributed by atoms with E-state index >= 15 is 0 Å². The molecule has 0 saturated carbocycles. The topological polar surface area (TPSA) is 40.5 Å². The molecule has 0 aromatic carbocycles. The van der Waals surface area contributed by atoms with Gasteiger partial charge in [0.05, 0.1) is 6.54 Å². The number of alkyl halides is 3. The lowest BCUT2D eigenvalue weighted by molar-refractivity contribution is -0.171. The van der Waals surface area contributed by atoms with Gasteiger partial charge in [0.1, 0.15) is 0 Å². The Kier molecular flexibility index (Phi) is 3.49. The lowest BCUT2D eigenvalue weighted by Gasteiger charge is -2.15. The molecule has 82 valence electrons. The Hall–Kier alpha value is -0.620.